The van der Waals surface area contributed by atoms with Crippen LogP contribution in [-0.4, -0.2) is 48.3 Å². The minimum Gasteiger partial charge on any atom is -0.464 e. The third-order valence-electron chi connectivity index (χ3n) is 9.34. The van der Waals surface area contributed by atoms with Gasteiger partial charge in [-0.05, 0) is 102 Å². The number of hydrogen-bond acceptors (Lipinski definition) is 6. The van der Waals surface area contributed by atoms with Gasteiger partial charge in [-0.3, -0.25) is 9.59 Å². The van der Waals surface area contributed by atoms with Crippen molar-refractivity contribution in [2.75, 3.05) is 20.6 Å². The standard InChI is InChI=1S/C32H39N3O5/c1-17-14-18(2)34-30(36)23(17)16-20-15-21(35(5)6)9-10-24(20)32(4)39-28-19(3)26-22(11-12-33-31(26)37)27(29(28)40-32)25-8-7-13-38-25/h7-8,13-14,20-21,24H,9-12,15-16H2,1-6H3,(H,33,37)(H,34,36)/t20?,21?,24?,32-/m0/s1. The van der Waals surface area contributed by atoms with Crippen LogP contribution in [0.3, 0.4) is 0 Å². The number of pyridine rings is 1. The average Bonchev–Trinajstić information content (AvgIpc) is 3.55. The lowest BCUT2D eigenvalue weighted by molar-refractivity contribution is -0.141. The van der Waals surface area contributed by atoms with E-state index in [1.165, 1.54) is 0 Å². The first-order valence-corrected chi connectivity index (χ1v) is 14.3. The zero-order chi connectivity index (χ0) is 28.3. The summed E-state index contributed by atoms with van der Waals surface area (Å²) in [4.78, 5) is 31.4. The number of benzene rings is 1. The number of nitrogens with one attached hydrogen (secondary N) is 2. The van der Waals surface area contributed by atoms with Crippen molar-refractivity contribution in [2.24, 2.45) is 11.8 Å². The molecule has 0 spiro atoms. The highest BCUT2D eigenvalue weighted by Gasteiger charge is 2.52. The van der Waals surface area contributed by atoms with E-state index >= 15 is 0 Å². The Morgan fingerprint density at radius 3 is 2.55 bits per heavy atom. The van der Waals surface area contributed by atoms with Gasteiger partial charge in [0.2, 0.25) is 0 Å². The molecule has 0 bridgehead atoms. The Morgan fingerprint density at radius 1 is 1.07 bits per heavy atom. The summed E-state index contributed by atoms with van der Waals surface area (Å²) in [5, 5.41) is 2.99. The Bertz CT molecular complexity index is 1520. The molecule has 1 saturated carbocycles. The molecular formula is C32H39N3O5. The number of aryl methyl sites for hydroxylation is 2. The van der Waals surface area contributed by atoms with Crippen molar-refractivity contribution in [1.29, 1.82) is 0 Å². The molecule has 1 amide bonds. The number of amides is 1. The molecule has 6 rings (SSSR count). The smallest absolute Gasteiger partial charge is 0.252 e. The van der Waals surface area contributed by atoms with Crippen LogP contribution in [0.25, 0.3) is 11.3 Å². The van der Waals surface area contributed by atoms with E-state index < -0.39 is 5.79 Å². The Balaban J connectivity index is 1.43. The van der Waals surface area contributed by atoms with Gasteiger partial charge in [0, 0.05) is 42.2 Å². The van der Waals surface area contributed by atoms with Gasteiger partial charge >= 0.3 is 0 Å². The topological polar surface area (TPSA) is 96.8 Å². The van der Waals surface area contributed by atoms with E-state index in [1.54, 1.807) is 6.26 Å². The number of carbonyl (C=O) groups excluding carboxylic acids is 1. The van der Waals surface area contributed by atoms with E-state index in [9.17, 15) is 9.59 Å². The van der Waals surface area contributed by atoms with E-state index in [-0.39, 0.29) is 23.3 Å². The van der Waals surface area contributed by atoms with Gasteiger partial charge in [-0.25, -0.2) is 0 Å². The van der Waals surface area contributed by atoms with Crippen LogP contribution in [0.15, 0.2) is 33.7 Å². The fourth-order valence-electron chi connectivity index (χ4n) is 7.33. The largest absolute Gasteiger partial charge is 0.464 e. The molecule has 0 saturated heterocycles. The molecule has 3 aliphatic rings. The summed E-state index contributed by atoms with van der Waals surface area (Å²) < 4.78 is 19.6. The number of H-pyrrole nitrogens is 1. The Hall–Kier alpha value is -3.52. The summed E-state index contributed by atoms with van der Waals surface area (Å²) in [5.74, 6) is 1.08. The number of aromatic nitrogens is 1. The number of fused-ring (bicyclic) bond motifs is 2. The minimum absolute atomic E-state index is 0.0143. The molecule has 4 atom stereocenters. The van der Waals surface area contributed by atoms with Gasteiger partial charge in [0.25, 0.3) is 17.3 Å². The summed E-state index contributed by atoms with van der Waals surface area (Å²) in [7, 11) is 4.25. The normalized spacial score (nSPS) is 25.7. The van der Waals surface area contributed by atoms with Crippen molar-refractivity contribution in [1.82, 2.24) is 15.2 Å². The van der Waals surface area contributed by atoms with Gasteiger partial charge in [0.15, 0.2) is 11.5 Å². The lowest BCUT2D eigenvalue weighted by Gasteiger charge is -2.44. The minimum atomic E-state index is -0.956. The number of ether oxygens (including phenoxy) is 2. The predicted octanol–water partition coefficient (Wildman–Crippen LogP) is 4.92. The monoisotopic (exact) mass is 545 g/mol. The average molecular weight is 546 g/mol. The molecule has 3 aromatic rings. The van der Waals surface area contributed by atoms with Crippen LogP contribution in [0.1, 0.15) is 64.5 Å². The van der Waals surface area contributed by atoms with E-state index in [0.29, 0.717) is 48.3 Å². The predicted molar refractivity (Wildman–Crippen MR) is 153 cm³/mol. The Morgan fingerprint density at radius 2 is 1.85 bits per heavy atom. The van der Waals surface area contributed by atoms with E-state index in [1.807, 2.05) is 45.9 Å². The highest BCUT2D eigenvalue weighted by atomic mass is 16.7. The number of furan rings is 1. The number of carbonyl (C=O) groups is 1. The zero-order valence-electron chi connectivity index (χ0n) is 24.3. The van der Waals surface area contributed by atoms with E-state index in [2.05, 4.69) is 29.3 Å². The molecule has 3 unspecified atom stereocenters. The van der Waals surface area contributed by atoms with Crippen LogP contribution in [0.5, 0.6) is 11.5 Å². The second-order valence-electron chi connectivity index (χ2n) is 12.2. The van der Waals surface area contributed by atoms with Crippen molar-refractivity contribution < 1.29 is 18.7 Å². The lowest BCUT2D eigenvalue weighted by Crippen LogP contribution is -2.51. The second-order valence-corrected chi connectivity index (χ2v) is 12.2. The molecule has 1 aliphatic carbocycles. The molecule has 40 heavy (non-hydrogen) atoms. The van der Waals surface area contributed by atoms with Crippen LogP contribution in [0.4, 0.5) is 0 Å². The molecule has 0 radical (unpaired) electrons. The lowest BCUT2D eigenvalue weighted by atomic mass is 9.70. The third-order valence-corrected chi connectivity index (χ3v) is 9.34. The fraction of sp³-hybridized carbons (Fsp3) is 0.500. The number of rotatable bonds is 5. The highest BCUT2D eigenvalue weighted by molar-refractivity contribution is 6.02. The molecule has 2 N–H and O–H groups in total. The summed E-state index contributed by atoms with van der Waals surface area (Å²) >= 11 is 0. The summed E-state index contributed by atoms with van der Waals surface area (Å²) in [6.45, 7) is 8.47. The third kappa shape index (κ3) is 4.33. The number of aromatic amines is 1. The summed E-state index contributed by atoms with van der Waals surface area (Å²) in [5.41, 5.74) is 5.91. The van der Waals surface area contributed by atoms with Crippen molar-refractivity contribution in [2.45, 2.75) is 71.6 Å². The maximum Gasteiger partial charge on any atom is 0.252 e. The van der Waals surface area contributed by atoms with Crippen molar-refractivity contribution in [3.8, 4) is 22.8 Å². The first-order chi connectivity index (χ1) is 19.1. The van der Waals surface area contributed by atoms with E-state index in [0.717, 1.165) is 52.8 Å². The quantitative estimate of drug-likeness (QED) is 0.472. The van der Waals surface area contributed by atoms with Crippen LogP contribution < -0.4 is 20.3 Å². The fourth-order valence-corrected chi connectivity index (χ4v) is 7.33. The molecule has 1 aromatic carbocycles. The van der Waals surface area contributed by atoms with E-state index in [4.69, 9.17) is 13.9 Å². The molecule has 4 heterocycles. The van der Waals surface area contributed by atoms with Gasteiger partial charge < -0.3 is 29.1 Å². The zero-order valence-corrected chi connectivity index (χ0v) is 24.3. The van der Waals surface area contributed by atoms with Crippen LogP contribution in [-0.2, 0) is 12.8 Å². The molecule has 2 aromatic heterocycles. The van der Waals surface area contributed by atoms with Gasteiger partial charge in [-0.2, -0.15) is 0 Å². The highest BCUT2D eigenvalue weighted by Crippen LogP contribution is 2.55. The molecule has 8 nitrogen and oxygen atoms in total. The van der Waals surface area contributed by atoms with Crippen LogP contribution >= 0.6 is 0 Å². The second kappa shape index (κ2) is 9.84. The summed E-state index contributed by atoms with van der Waals surface area (Å²) in [6, 6.07) is 6.22. The maximum absolute atomic E-state index is 13.1. The first-order valence-electron chi connectivity index (χ1n) is 14.3. The first kappa shape index (κ1) is 26.7. The Labute approximate surface area is 235 Å². The van der Waals surface area contributed by atoms with Gasteiger partial charge in [0.1, 0.15) is 5.76 Å². The SMILES string of the molecule is Cc1cc(C)c(CC2CC(N(C)C)CCC2[C@@]2(C)Oc3c(C)c4c(c(-c5ccco5)c3O2)CCNC4=O)c(=O)[nH]1. The van der Waals surface area contributed by atoms with Crippen molar-refractivity contribution >= 4 is 5.91 Å². The van der Waals surface area contributed by atoms with Crippen LogP contribution in [0, 0.1) is 32.6 Å². The molecule has 212 valence electrons. The molecular weight excluding hydrogens is 506 g/mol. The number of hydrogen-bond donors (Lipinski definition) is 2. The van der Waals surface area contributed by atoms with Gasteiger partial charge in [-0.1, -0.05) is 0 Å². The molecule has 1 fully saturated rings. The van der Waals surface area contributed by atoms with Gasteiger partial charge in [-0.15, -0.1) is 0 Å². The molecule has 8 heteroatoms. The van der Waals surface area contributed by atoms with Crippen molar-refractivity contribution in [3.63, 3.8) is 0 Å². The molecule has 2 aliphatic heterocycles. The summed E-state index contributed by atoms with van der Waals surface area (Å²) in [6.07, 6.45) is 5.84. The Kier molecular flexibility index (Phi) is 6.56. The number of nitrogens with zero attached hydrogens (tertiary/aromatic N) is 1. The van der Waals surface area contributed by atoms with Crippen LogP contribution in [0.2, 0.25) is 0 Å². The van der Waals surface area contributed by atoms with Gasteiger partial charge in [0.05, 0.1) is 17.4 Å². The van der Waals surface area contributed by atoms with Crippen molar-refractivity contribution in [3.05, 3.63) is 68.3 Å². The maximum atomic E-state index is 13.1.